The predicted octanol–water partition coefficient (Wildman–Crippen LogP) is 6.06. The third kappa shape index (κ3) is 4.24. The number of hydrogen-bond acceptors (Lipinski definition) is 4. The van der Waals surface area contributed by atoms with Crippen molar-refractivity contribution in [1.29, 1.82) is 0 Å². The SMILES string of the molecule is CN(C(=O)c1ccc(Cl)c(Cl)c1)c1cc(-c2ccccc2)sc1OC(=O)O. The van der Waals surface area contributed by atoms with Crippen LogP contribution in [0.15, 0.2) is 54.6 Å². The monoisotopic (exact) mass is 421 g/mol. The number of hydrogen-bond donors (Lipinski definition) is 1. The standard InChI is InChI=1S/C19H13Cl2NO4S/c1-22(17(23)12-7-8-13(20)14(21)9-12)15-10-16(11-5-3-2-4-6-11)27-18(15)26-19(24)25/h2-10H,1H3,(H,24,25). The molecule has 0 aliphatic rings. The fourth-order valence-corrected chi connectivity index (χ4v) is 3.76. The van der Waals surface area contributed by atoms with Crippen LogP contribution in [0.25, 0.3) is 10.4 Å². The molecule has 3 rings (SSSR count). The molecule has 0 aliphatic carbocycles. The maximum atomic E-state index is 12.8. The minimum absolute atomic E-state index is 0.109. The molecule has 0 saturated heterocycles. The molecule has 0 bridgehead atoms. The molecule has 0 spiro atoms. The molecule has 27 heavy (non-hydrogen) atoms. The number of carbonyl (C=O) groups is 2. The van der Waals surface area contributed by atoms with E-state index in [1.165, 1.54) is 24.1 Å². The van der Waals surface area contributed by atoms with Crippen LogP contribution >= 0.6 is 34.5 Å². The van der Waals surface area contributed by atoms with Gasteiger partial charge in [-0.15, -0.1) is 0 Å². The third-order valence-electron chi connectivity index (χ3n) is 3.75. The van der Waals surface area contributed by atoms with Crippen LogP contribution in [0.5, 0.6) is 5.06 Å². The molecule has 0 aliphatic heterocycles. The average Bonchev–Trinajstić information content (AvgIpc) is 3.06. The maximum absolute atomic E-state index is 12.8. The number of nitrogens with zero attached hydrogens (tertiary/aromatic N) is 1. The van der Waals surface area contributed by atoms with Crippen molar-refractivity contribution >= 4 is 52.3 Å². The van der Waals surface area contributed by atoms with E-state index in [0.29, 0.717) is 16.3 Å². The van der Waals surface area contributed by atoms with Gasteiger partial charge in [-0.1, -0.05) is 64.9 Å². The molecule has 3 aromatic rings. The first-order valence-corrected chi connectivity index (χ1v) is 9.27. The van der Waals surface area contributed by atoms with Gasteiger partial charge >= 0.3 is 6.16 Å². The summed E-state index contributed by atoms with van der Waals surface area (Å²) in [5, 5.41) is 9.73. The molecule has 0 radical (unpaired) electrons. The Morgan fingerprint density at radius 1 is 1.04 bits per heavy atom. The number of carboxylic acid groups (broad SMARTS) is 1. The van der Waals surface area contributed by atoms with Gasteiger partial charge in [-0.2, -0.15) is 0 Å². The van der Waals surface area contributed by atoms with E-state index in [2.05, 4.69) is 0 Å². The highest BCUT2D eigenvalue weighted by Gasteiger charge is 2.23. The summed E-state index contributed by atoms with van der Waals surface area (Å²) in [4.78, 5) is 26.0. The topological polar surface area (TPSA) is 66.8 Å². The van der Waals surface area contributed by atoms with Gasteiger partial charge in [0.15, 0.2) is 0 Å². The van der Waals surface area contributed by atoms with Crippen molar-refractivity contribution in [2.24, 2.45) is 0 Å². The second-order valence-electron chi connectivity index (χ2n) is 5.51. The molecule has 2 aromatic carbocycles. The molecule has 0 fully saturated rings. The van der Waals surface area contributed by atoms with E-state index in [-0.39, 0.29) is 16.0 Å². The molecular weight excluding hydrogens is 409 g/mol. The Morgan fingerprint density at radius 3 is 2.37 bits per heavy atom. The lowest BCUT2D eigenvalue weighted by Crippen LogP contribution is -2.26. The van der Waals surface area contributed by atoms with Gasteiger partial charge in [-0.3, -0.25) is 4.79 Å². The zero-order valence-corrected chi connectivity index (χ0v) is 16.3. The summed E-state index contributed by atoms with van der Waals surface area (Å²) < 4.78 is 4.89. The van der Waals surface area contributed by atoms with Crippen molar-refractivity contribution in [1.82, 2.24) is 0 Å². The molecular formula is C19H13Cl2NO4S. The van der Waals surface area contributed by atoms with Gasteiger partial charge in [0.2, 0.25) is 5.06 Å². The Balaban J connectivity index is 2.00. The fraction of sp³-hybridized carbons (Fsp3) is 0.0526. The van der Waals surface area contributed by atoms with Crippen LogP contribution in [-0.2, 0) is 0 Å². The molecule has 1 aromatic heterocycles. The Hall–Kier alpha value is -2.54. The second kappa shape index (κ2) is 8.00. The molecule has 8 heteroatoms. The summed E-state index contributed by atoms with van der Waals surface area (Å²) in [5.41, 5.74) is 1.55. The van der Waals surface area contributed by atoms with Crippen LogP contribution in [-0.4, -0.2) is 24.2 Å². The van der Waals surface area contributed by atoms with Gasteiger partial charge in [0.25, 0.3) is 5.91 Å². The number of anilines is 1. The lowest BCUT2D eigenvalue weighted by Gasteiger charge is -2.17. The van der Waals surface area contributed by atoms with E-state index in [4.69, 9.17) is 33.0 Å². The van der Waals surface area contributed by atoms with Crippen LogP contribution in [0.4, 0.5) is 10.5 Å². The minimum atomic E-state index is -1.45. The van der Waals surface area contributed by atoms with E-state index in [0.717, 1.165) is 21.8 Å². The number of benzene rings is 2. The first kappa shape index (κ1) is 19.2. The van der Waals surface area contributed by atoms with Crippen molar-refractivity contribution in [3.63, 3.8) is 0 Å². The Labute approximate surface area is 169 Å². The number of halogens is 2. The summed E-state index contributed by atoms with van der Waals surface area (Å²) >= 11 is 13.0. The van der Waals surface area contributed by atoms with E-state index >= 15 is 0 Å². The normalized spacial score (nSPS) is 10.5. The quantitative estimate of drug-likeness (QED) is 0.520. The van der Waals surface area contributed by atoms with Crippen molar-refractivity contribution in [2.45, 2.75) is 0 Å². The summed E-state index contributed by atoms with van der Waals surface area (Å²) in [6, 6.07) is 15.7. The zero-order chi connectivity index (χ0) is 19.6. The molecule has 0 unspecified atom stereocenters. The highest BCUT2D eigenvalue weighted by atomic mass is 35.5. The van der Waals surface area contributed by atoms with E-state index < -0.39 is 6.16 Å². The summed E-state index contributed by atoms with van der Waals surface area (Å²) in [6.45, 7) is 0. The Bertz CT molecular complexity index is 1000. The van der Waals surface area contributed by atoms with Gasteiger partial charge in [0, 0.05) is 17.5 Å². The number of thiophene rings is 1. The summed E-state index contributed by atoms with van der Waals surface area (Å²) in [5.74, 6) is -0.374. The Morgan fingerprint density at radius 2 is 1.74 bits per heavy atom. The zero-order valence-electron chi connectivity index (χ0n) is 14.0. The molecule has 138 valence electrons. The lowest BCUT2D eigenvalue weighted by atomic mass is 10.1. The number of amides is 1. The Kier molecular flexibility index (Phi) is 5.70. The third-order valence-corrected chi connectivity index (χ3v) is 5.54. The number of ether oxygens (including phenoxy) is 1. The van der Waals surface area contributed by atoms with Crippen molar-refractivity contribution in [3.05, 3.63) is 70.2 Å². The molecule has 5 nitrogen and oxygen atoms in total. The highest BCUT2D eigenvalue weighted by Crippen LogP contribution is 2.43. The van der Waals surface area contributed by atoms with Crippen molar-refractivity contribution < 1.29 is 19.4 Å². The number of carbonyl (C=O) groups excluding carboxylic acids is 1. The van der Waals surface area contributed by atoms with Gasteiger partial charge in [0.05, 0.1) is 15.7 Å². The average molecular weight is 422 g/mol. The van der Waals surface area contributed by atoms with Crippen LogP contribution < -0.4 is 9.64 Å². The van der Waals surface area contributed by atoms with Crippen molar-refractivity contribution in [3.8, 4) is 15.5 Å². The smallest absolute Gasteiger partial charge is 0.449 e. The van der Waals surface area contributed by atoms with Gasteiger partial charge in [0.1, 0.15) is 0 Å². The van der Waals surface area contributed by atoms with Crippen LogP contribution in [0.1, 0.15) is 10.4 Å². The fourth-order valence-electron chi connectivity index (χ4n) is 2.43. The molecule has 0 saturated carbocycles. The highest BCUT2D eigenvalue weighted by molar-refractivity contribution is 7.18. The van der Waals surface area contributed by atoms with Gasteiger partial charge in [-0.25, -0.2) is 4.79 Å². The minimum Gasteiger partial charge on any atom is -0.449 e. The maximum Gasteiger partial charge on any atom is 0.512 e. The lowest BCUT2D eigenvalue weighted by molar-refractivity contribution is 0.0991. The largest absolute Gasteiger partial charge is 0.512 e. The molecule has 0 atom stereocenters. The molecule has 1 heterocycles. The van der Waals surface area contributed by atoms with Crippen LogP contribution in [0.2, 0.25) is 10.0 Å². The predicted molar refractivity (Wildman–Crippen MR) is 108 cm³/mol. The van der Waals surface area contributed by atoms with Crippen LogP contribution in [0, 0.1) is 0 Å². The van der Waals surface area contributed by atoms with E-state index in [1.807, 2.05) is 30.3 Å². The first-order chi connectivity index (χ1) is 12.9. The van der Waals surface area contributed by atoms with Crippen molar-refractivity contribution in [2.75, 3.05) is 11.9 Å². The van der Waals surface area contributed by atoms with E-state index in [9.17, 15) is 9.59 Å². The van der Waals surface area contributed by atoms with E-state index in [1.54, 1.807) is 12.1 Å². The second-order valence-corrected chi connectivity index (χ2v) is 7.34. The van der Waals surface area contributed by atoms with Crippen LogP contribution in [0.3, 0.4) is 0 Å². The number of rotatable bonds is 4. The summed E-state index contributed by atoms with van der Waals surface area (Å²) in [7, 11) is 1.54. The molecule has 1 N–H and O–H groups in total. The summed E-state index contributed by atoms with van der Waals surface area (Å²) in [6.07, 6.45) is -1.45. The molecule has 1 amide bonds. The first-order valence-electron chi connectivity index (χ1n) is 7.70. The van der Waals surface area contributed by atoms with Gasteiger partial charge in [-0.05, 0) is 29.8 Å². The van der Waals surface area contributed by atoms with Gasteiger partial charge < -0.3 is 14.7 Å².